The number of hydrogen-bond acceptors (Lipinski definition) is 4. The van der Waals surface area contributed by atoms with Crippen molar-refractivity contribution in [2.45, 2.75) is 12.5 Å². The van der Waals surface area contributed by atoms with E-state index in [4.69, 9.17) is 5.73 Å². The molecule has 1 unspecified atom stereocenters. The number of nitrogen functional groups attached to an aromatic ring is 1. The zero-order chi connectivity index (χ0) is 13.1. The maximum absolute atomic E-state index is 10.1. The average Bonchev–Trinajstić information content (AvgIpc) is 2.14. The smallest absolute Gasteiger partial charge is 0.0917 e. The van der Waals surface area contributed by atoms with E-state index in [0.717, 1.165) is 10.2 Å². The van der Waals surface area contributed by atoms with Crippen LogP contribution >= 0.6 is 15.9 Å². The van der Waals surface area contributed by atoms with Crippen LogP contribution in [-0.2, 0) is 0 Å². The van der Waals surface area contributed by atoms with Gasteiger partial charge in [0.15, 0.2) is 0 Å². The van der Waals surface area contributed by atoms with Crippen LogP contribution in [0.3, 0.4) is 0 Å². The number of hydrogen-bond donors (Lipinski definition) is 3. The van der Waals surface area contributed by atoms with Gasteiger partial charge in [-0.15, -0.1) is 0 Å². The Hall–Kier alpha value is -0.780. The molecule has 0 saturated heterocycles. The van der Waals surface area contributed by atoms with Gasteiger partial charge in [0.1, 0.15) is 0 Å². The molecule has 0 aliphatic heterocycles. The number of nitrogens with two attached hydrogens (primary N) is 1. The lowest BCUT2D eigenvalue weighted by Crippen LogP contribution is -2.43. The molecule has 0 bridgehead atoms. The van der Waals surface area contributed by atoms with Crippen molar-refractivity contribution in [1.82, 2.24) is 4.90 Å². The maximum atomic E-state index is 10.1. The number of nitrogens with zero attached hydrogens (tertiary/aromatic N) is 1. The summed E-state index contributed by atoms with van der Waals surface area (Å²) in [5.74, 6) is 0. The van der Waals surface area contributed by atoms with Crippen LogP contribution in [0.4, 0.5) is 11.4 Å². The van der Waals surface area contributed by atoms with Gasteiger partial charge in [-0.1, -0.05) is 0 Å². The highest BCUT2D eigenvalue weighted by molar-refractivity contribution is 9.10. The first-order valence-electron chi connectivity index (χ1n) is 5.46. The lowest BCUT2D eigenvalue weighted by atomic mass is 10.1. The van der Waals surface area contributed by atoms with Gasteiger partial charge < -0.3 is 21.1 Å². The molecule has 0 aromatic heterocycles. The summed E-state index contributed by atoms with van der Waals surface area (Å²) in [5.41, 5.74) is 6.53. The van der Waals surface area contributed by atoms with Gasteiger partial charge in [0, 0.05) is 28.9 Å². The summed E-state index contributed by atoms with van der Waals surface area (Å²) in [6.45, 7) is 2.89. The van der Waals surface area contributed by atoms with Gasteiger partial charge in [-0.3, -0.25) is 0 Å². The highest BCUT2D eigenvalue weighted by Crippen LogP contribution is 2.25. The quantitative estimate of drug-likeness (QED) is 0.725. The Bertz CT molecular complexity index is 380. The zero-order valence-corrected chi connectivity index (χ0v) is 12.1. The summed E-state index contributed by atoms with van der Waals surface area (Å²) in [6, 6.07) is 5.56. The molecule has 0 aliphatic carbocycles. The third-order valence-electron chi connectivity index (χ3n) is 2.31. The Kier molecular flexibility index (Phi) is 4.80. The molecule has 5 heteroatoms. The zero-order valence-electron chi connectivity index (χ0n) is 10.5. The normalized spacial score (nSPS) is 14.7. The van der Waals surface area contributed by atoms with Crippen LogP contribution in [0.25, 0.3) is 0 Å². The molecule has 0 aliphatic rings. The van der Waals surface area contributed by atoms with Crippen molar-refractivity contribution < 1.29 is 5.11 Å². The first-order valence-corrected chi connectivity index (χ1v) is 6.25. The number of nitrogens with one attached hydrogen (secondary N) is 1. The molecule has 0 saturated carbocycles. The topological polar surface area (TPSA) is 61.5 Å². The number of aliphatic hydroxyl groups is 1. The van der Waals surface area contributed by atoms with E-state index in [0.29, 0.717) is 18.8 Å². The maximum Gasteiger partial charge on any atom is 0.0917 e. The Morgan fingerprint density at radius 1 is 1.47 bits per heavy atom. The lowest BCUT2D eigenvalue weighted by molar-refractivity contribution is 0.0460. The van der Waals surface area contributed by atoms with Crippen molar-refractivity contribution in [2.24, 2.45) is 0 Å². The van der Waals surface area contributed by atoms with Gasteiger partial charge in [0.25, 0.3) is 0 Å². The van der Waals surface area contributed by atoms with Crippen LogP contribution in [0.1, 0.15) is 6.92 Å². The summed E-state index contributed by atoms with van der Waals surface area (Å²) in [4.78, 5) is 1.96. The van der Waals surface area contributed by atoms with Crippen molar-refractivity contribution in [1.29, 1.82) is 0 Å². The van der Waals surface area contributed by atoms with Crippen molar-refractivity contribution in [3.05, 3.63) is 22.7 Å². The second-order valence-electron chi connectivity index (χ2n) is 4.83. The highest BCUT2D eigenvalue weighted by atomic mass is 79.9. The van der Waals surface area contributed by atoms with E-state index < -0.39 is 5.60 Å². The third kappa shape index (κ3) is 4.93. The lowest BCUT2D eigenvalue weighted by Gasteiger charge is -2.27. The highest BCUT2D eigenvalue weighted by Gasteiger charge is 2.21. The summed E-state index contributed by atoms with van der Waals surface area (Å²) < 4.78 is 0.901. The molecular formula is C12H20BrN3O. The number of halogens is 1. The van der Waals surface area contributed by atoms with E-state index in [9.17, 15) is 5.11 Å². The molecule has 1 aromatic carbocycles. The molecule has 1 aromatic rings. The summed E-state index contributed by atoms with van der Waals surface area (Å²) >= 11 is 3.43. The molecule has 4 nitrogen and oxygen atoms in total. The van der Waals surface area contributed by atoms with Crippen molar-refractivity contribution in [3.8, 4) is 0 Å². The van der Waals surface area contributed by atoms with E-state index >= 15 is 0 Å². The molecule has 0 amide bonds. The second-order valence-corrected chi connectivity index (χ2v) is 5.68. The molecule has 4 N–H and O–H groups in total. The minimum atomic E-state index is -0.773. The molecule has 0 spiro atoms. The number of benzene rings is 1. The molecule has 0 radical (unpaired) electrons. The number of anilines is 2. The molecule has 0 fully saturated rings. The molecule has 0 heterocycles. The van der Waals surface area contributed by atoms with Crippen LogP contribution in [0.5, 0.6) is 0 Å². The van der Waals surface area contributed by atoms with Crippen molar-refractivity contribution in [2.75, 3.05) is 38.2 Å². The summed E-state index contributed by atoms with van der Waals surface area (Å²) in [6.07, 6.45) is 0. The van der Waals surface area contributed by atoms with Crippen LogP contribution in [0, 0.1) is 0 Å². The van der Waals surface area contributed by atoms with Gasteiger partial charge in [0.2, 0.25) is 0 Å². The van der Waals surface area contributed by atoms with E-state index in [1.54, 1.807) is 0 Å². The standard InChI is InChI=1S/C12H20BrN3O/c1-12(17,8-16(2)3)7-15-11-5-4-9(14)6-10(11)13/h4-6,15,17H,7-8,14H2,1-3H3. The fraction of sp³-hybridized carbons (Fsp3) is 0.500. The first-order chi connectivity index (χ1) is 7.80. The second kappa shape index (κ2) is 5.71. The van der Waals surface area contributed by atoms with Crippen LogP contribution in [0.2, 0.25) is 0 Å². The third-order valence-corrected chi connectivity index (χ3v) is 2.97. The summed E-state index contributed by atoms with van der Waals surface area (Å²) in [5, 5.41) is 13.4. The van der Waals surface area contributed by atoms with Gasteiger partial charge in [-0.25, -0.2) is 0 Å². The Balaban J connectivity index is 2.61. The number of likely N-dealkylation sites (N-methyl/N-ethyl adjacent to an activating group) is 1. The molecule has 1 rings (SSSR count). The minimum Gasteiger partial charge on any atom is -0.399 e. The Labute approximate surface area is 111 Å². The molecule has 1 atom stereocenters. The van der Waals surface area contributed by atoms with E-state index in [-0.39, 0.29) is 0 Å². The van der Waals surface area contributed by atoms with Crippen LogP contribution < -0.4 is 11.1 Å². The van der Waals surface area contributed by atoms with Crippen molar-refractivity contribution in [3.63, 3.8) is 0 Å². The van der Waals surface area contributed by atoms with Gasteiger partial charge >= 0.3 is 0 Å². The SMILES string of the molecule is CN(C)CC(C)(O)CNc1ccc(N)cc1Br. The van der Waals surface area contributed by atoms with Crippen molar-refractivity contribution >= 4 is 27.3 Å². The molecule has 17 heavy (non-hydrogen) atoms. The monoisotopic (exact) mass is 301 g/mol. The fourth-order valence-corrected chi connectivity index (χ4v) is 2.23. The predicted molar refractivity (Wildman–Crippen MR) is 76.2 cm³/mol. The van der Waals surface area contributed by atoms with Gasteiger partial charge in [-0.2, -0.15) is 0 Å². The van der Waals surface area contributed by atoms with Crippen LogP contribution in [-0.4, -0.2) is 42.8 Å². The Morgan fingerprint density at radius 2 is 2.12 bits per heavy atom. The fourth-order valence-electron chi connectivity index (χ4n) is 1.70. The molecular weight excluding hydrogens is 282 g/mol. The van der Waals surface area contributed by atoms with E-state index in [1.807, 2.05) is 44.1 Å². The molecule has 96 valence electrons. The minimum absolute atomic E-state index is 0.480. The largest absolute Gasteiger partial charge is 0.399 e. The average molecular weight is 302 g/mol. The first kappa shape index (κ1) is 14.3. The number of rotatable bonds is 5. The van der Waals surface area contributed by atoms with Crippen LogP contribution in [0.15, 0.2) is 22.7 Å². The Morgan fingerprint density at radius 3 is 2.65 bits per heavy atom. The van der Waals surface area contributed by atoms with E-state index in [2.05, 4.69) is 21.2 Å². The summed E-state index contributed by atoms with van der Waals surface area (Å²) in [7, 11) is 3.88. The van der Waals surface area contributed by atoms with Gasteiger partial charge in [0.05, 0.1) is 5.60 Å². The van der Waals surface area contributed by atoms with E-state index in [1.165, 1.54) is 0 Å². The predicted octanol–water partition coefficient (Wildman–Crippen LogP) is 1.76. The van der Waals surface area contributed by atoms with Gasteiger partial charge in [-0.05, 0) is 55.1 Å².